The standard InChI is InChI=1S/C61H40N2/c1-3-18-42(19-4-1)46-22-7-8-23-47(46)50-25-10-14-31-57(50)62(44-20-5-2-6-21-44)45-37-34-41(35-38-45)43-36-39-49-48-24-9-12-28-53(48)61(56(49)40-43)54-29-13-16-33-59(54)63-58-32-15-11-26-51(58)52-27-17-30-55(61)60(52)63/h1-40H. The van der Waals surface area contributed by atoms with Crippen molar-refractivity contribution in [1.29, 1.82) is 0 Å². The maximum Gasteiger partial charge on any atom is 0.0754 e. The smallest absolute Gasteiger partial charge is 0.0754 e. The van der Waals surface area contributed by atoms with Gasteiger partial charge in [0.15, 0.2) is 0 Å². The minimum absolute atomic E-state index is 0.494. The summed E-state index contributed by atoms with van der Waals surface area (Å²) in [5, 5.41) is 2.58. The van der Waals surface area contributed by atoms with Gasteiger partial charge in [-0.1, -0.05) is 194 Å². The molecule has 1 atom stereocenters. The Morgan fingerprint density at radius 1 is 0.317 bits per heavy atom. The van der Waals surface area contributed by atoms with Crippen LogP contribution in [0.4, 0.5) is 17.1 Å². The predicted molar refractivity (Wildman–Crippen MR) is 263 cm³/mol. The first kappa shape index (κ1) is 35.5. The van der Waals surface area contributed by atoms with E-state index < -0.39 is 5.41 Å². The van der Waals surface area contributed by atoms with Gasteiger partial charge in [-0.2, -0.15) is 0 Å². The largest absolute Gasteiger partial charge is 0.310 e. The van der Waals surface area contributed by atoms with E-state index in [1.807, 2.05) is 0 Å². The molecule has 2 aliphatic rings. The Morgan fingerprint density at radius 2 is 0.889 bits per heavy atom. The zero-order valence-electron chi connectivity index (χ0n) is 34.5. The summed E-state index contributed by atoms with van der Waals surface area (Å²) < 4.78 is 2.51. The Bertz CT molecular complexity index is 3560. The van der Waals surface area contributed by atoms with Gasteiger partial charge < -0.3 is 9.47 Å². The first-order valence-electron chi connectivity index (χ1n) is 21.9. The van der Waals surface area contributed by atoms with Crippen LogP contribution in [0.5, 0.6) is 0 Å². The molecular weight excluding hydrogens is 761 g/mol. The average Bonchev–Trinajstić information content (AvgIpc) is 3.85. The summed E-state index contributed by atoms with van der Waals surface area (Å²) in [6.45, 7) is 0. The van der Waals surface area contributed by atoms with Gasteiger partial charge in [0.25, 0.3) is 0 Å². The third kappa shape index (κ3) is 5.13. The van der Waals surface area contributed by atoms with Gasteiger partial charge in [0.1, 0.15) is 0 Å². The zero-order chi connectivity index (χ0) is 41.5. The number of hydrogen-bond donors (Lipinski definition) is 0. The van der Waals surface area contributed by atoms with Crippen LogP contribution < -0.4 is 4.90 Å². The monoisotopic (exact) mass is 800 g/mol. The van der Waals surface area contributed by atoms with Crippen molar-refractivity contribution in [3.63, 3.8) is 0 Å². The Hall–Kier alpha value is -8.20. The summed E-state index contributed by atoms with van der Waals surface area (Å²) in [5.41, 5.74) is 21.7. The van der Waals surface area contributed by atoms with Crippen molar-refractivity contribution in [1.82, 2.24) is 4.57 Å². The summed E-state index contributed by atoms with van der Waals surface area (Å²) in [7, 11) is 0. The van der Waals surface area contributed by atoms with Gasteiger partial charge in [0.2, 0.25) is 0 Å². The molecule has 2 heteroatoms. The molecule has 1 aliphatic carbocycles. The number of para-hydroxylation sites is 5. The molecule has 0 amide bonds. The second kappa shape index (κ2) is 13.9. The van der Waals surface area contributed by atoms with Gasteiger partial charge in [-0.3, -0.25) is 0 Å². The molecule has 0 saturated heterocycles. The molecule has 2 nitrogen and oxygen atoms in total. The van der Waals surface area contributed by atoms with Crippen LogP contribution in [0.25, 0.3) is 72.0 Å². The minimum atomic E-state index is -0.494. The number of anilines is 3. The van der Waals surface area contributed by atoms with E-state index in [-0.39, 0.29) is 0 Å². The van der Waals surface area contributed by atoms with Crippen LogP contribution >= 0.6 is 0 Å². The molecule has 11 aromatic rings. The Kier molecular flexibility index (Phi) is 7.85. The molecule has 0 bridgehead atoms. The van der Waals surface area contributed by atoms with E-state index in [4.69, 9.17) is 0 Å². The first-order valence-corrected chi connectivity index (χ1v) is 21.9. The van der Waals surface area contributed by atoms with E-state index in [0.717, 1.165) is 17.1 Å². The van der Waals surface area contributed by atoms with Gasteiger partial charge in [-0.25, -0.2) is 0 Å². The summed E-state index contributed by atoms with van der Waals surface area (Å²) >= 11 is 0. The highest BCUT2D eigenvalue weighted by molar-refractivity contribution is 6.13. The van der Waals surface area contributed by atoms with Gasteiger partial charge in [0, 0.05) is 27.7 Å². The van der Waals surface area contributed by atoms with Crippen LogP contribution in [0.1, 0.15) is 22.3 Å². The molecule has 2 heterocycles. The molecule has 1 unspecified atom stereocenters. The lowest BCUT2D eigenvalue weighted by Gasteiger charge is -2.39. The lowest BCUT2D eigenvalue weighted by molar-refractivity contribution is 0.749. The van der Waals surface area contributed by atoms with Gasteiger partial charge in [-0.05, 0) is 110 Å². The lowest BCUT2D eigenvalue weighted by atomic mass is 9.65. The molecule has 1 aliphatic heterocycles. The lowest BCUT2D eigenvalue weighted by Crippen LogP contribution is -2.33. The summed E-state index contributed by atoms with van der Waals surface area (Å²) in [5.74, 6) is 0. The molecule has 1 aromatic heterocycles. The topological polar surface area (TPSA) is 8.17 Å². The van der Waals surface area contributed by atoms with Crippen LogP contribution in [-0.4, -0.2) is 4.57 Å². The van der Waals surface area contributed by atoms with Crippen LogP contribution in [0.2, 0.25) is 0 Å². The van der Waals surface area contributed by atoms with Crippen LogP contribution in [-0.2, 0) is 5.41 Å². The number of aromatic nitrogens is 1. The van der Waals surface area contributed by atoms with Crippen molar-refractivity contribution in [3.05, 3.63) is 265 Å². The highest BCUT2D eigenvalue weighted by Gasteiger charge is 2.50. The van der Waals surface area contributed by atoms with Crippen molar-refractivity contribution >= 4 is 38.9 Å². The fourth-order valence-electron chi connectivity index (χ4n) is 11.0. The molecular formula is C61H40N2. The molecule has 63 heavy (non-hydrogen) atoms. The quantitative estimate of drug-likeness (QED) is 0.163. The fourth-order valence-corrected chi connectivity index (χ4v) is 11.0. The van der Waals surface area contributed by atoms with Crippen molar-refractivity contribution in [2.45, 2.75) is 5.41 Å². The van der Waals surface area contributed by atoms with Gasteiger partial charge >= 0.3 is 0 Å². The second-order valence-corrected chi connectivity index (χ2v) is 16.8. The molecule has 0 saturated carbocycles. The molecule has 1 spiro atoms. The maximum absolute atomic E-state index is 2.51. The van der Waals surface area contributed by atoms with E-state index in [1.54, 1.807) is 0 Å². The van der Waals surface area contributed by atoms with Crippen LogP contribution in [0, 0.1) is 0 Å². The van der Waals surface area contributed by atoms with Crippen molar-refractivity contribution < 1.29 is 0 Å². The maximum atomic E-state index is 2.51. The van der Waals surface area contributed by atoms with Crippen molar-refractivity contribution in [3.8, 4) is 50.2 Å². The molecule has 294 valence electrons. The highest BCUT2D eigenvalue weighted by atomic mass is 15.1. The molecule has 10 aromatic carbocycles. The van der Waals surface area contributed by atoms with Crippen LogP contribution in [0.3, 0.4) is 0 Å². The summed E-state index contributed by atoms with van der Waals surface area (Å²) in [6, 6.07) is 89.4. The van der Waals surface area contributed by atoms with Crippen LogP contribution in [0.15, 0.2) is 243 Å². The molecule has 13 rings (SSSR count). The molecule has 0 fully saturated rings. The number of nitrogens with zero attached hydrogens (tertiary/aromatic N) is 2. The molecule has 0 N–H and O–H groups in total. The Balaban J connectivity index is 0.979. The van der Waals surface area contributed by atoms with E-state index in [1.165, 1.54) is 94.3 Å². The van der Waals surface area contributed by atoms with Crippen molar-refractivity contribution in [2.24, 2.45) is 0 Å². The first-order chi connectivity index (χ1) is 31.3. The third-order valence-electron chi connectivity index (χ3n) is 13.6. The normalized spacial score (nSPS) is 14.4. The number of rotatable bonds is 6. The van der Waals surface area contributed by atoms with E-state index in [0.29, 0.717) is 0 Å². The summed E-state index contributed by atoms with van der Waals surface area (Å²) in [6.07, 6.45) is 0. The van der Waals surface area contributed by atoms with E-state index in [2.05, 4.69) is 252 Å². The molecule has 0 radical (unpaired) electrons. The van der Waals surface area contributed by atoms with E-state index in [9.17, 15) is 0 Å². The highest BCUT2D eigenvalue weighted by Crippen LogP contribution is 2.61. The predicted octanol–water partition coefficient (Wildman–Crippen LogP) is 15.9. The van der Waals surface area contributed by atoms with E-state index >= 15 is 0 Å². The number of benzene rings is 10. The van der Waals surface area contributed by atoms with Gasteiger partial charge in [0.05, 0.1) is 27.8 Å². The van der Waals surface area contributed by atoms with Gasteiger partial charge in [-0.15, -0.1) is 0 Å². The fraction of sp³-hybridized carbons (Fsp3) is 0.0164. The second-order valence-electron chi connectivity index (χ2n) is 16.8. The number of hydrogen-bond acceptors (Lipinski definition) is 1. The summed E-state index contributed by atoms with van der Waals surface area (Å²) in [4.78, 5) is 2.40. The third-order valence-corrected chi connectivity index (χ3v) is 13.6. The zero-order valence-corrected chi connectivity index (χ0v) is 34.5. The SMILES string of the molecule is c1ccc(-c2ccccc2-c2ccccc2N(c2ccccc2)c2ccc(-c3ccc4c(c3)C3(c5ccccc5-4)c4ccccc4-n4c5ccccc5c5cccc3c54)cc2)cc1. The van der Waals surface area contributed by atoms with Crippen molar-refractivity contribution in [2.75, 3.05) is 4.90 Å². The Morgan fingerprint density at radius 3 is 1.71 bits per heavy atom. The number of fused-ring (bicyclic) bond motifs is 12. The minimum Gasteiger partial charge on any atom is -0.310 e. The Labute approximate surface area is 367 Å². The average molecular weight is 801 g/mol.